The highest BCUT2D eigenvalue weighted by Crippen LogP contribution is 2.20. The van der Waals surface area contributed by atoms with Crippen LogP contribution in [0.2, 0.25) is 0 Å². The van der Waals surface area contributed by atoms with Gasteiger partial charge in [0.05, 0.1) is 12.1 Å². The number of hydrogen-bond acceptors (Lipinski definition) is 4. The van der Waals surface area contributed by atoms with E-state index in [1.807, 2.05) is 0 Å². The van der Waals surface area contributed by atoms with Crippen LogP contribution in [-0.2, 0) is 4.79 Å². The van der Waals surface area contributed by atoms with E-state index in [0.29, 0.717) is 11.3 Å². The zero-order valence-corrected chi connectivity index (χ0v) is 10.0. The molecule has 0 saturated carbocycles. The van der Waals surface area contributed by atoms with Gasteiger partial charge in [-0.1, -0.05) is 12.1 Å². The second-order valence-electron chi connectivity index (χ2n) is 3.82. The largest absolute Gasteiger partial charge is 0.481 e. The minimum Gasteiger partial charge on any atom is -0.481 e. The minimum atomic E-state index is -0.905. The smallest absolute Gasteiger partial charge is 0.305 e. The zero-order chi connectivity index (χ0) is 13.7. The van der Waals surface area contributed by atoms with Gasteiger partial charge in [0.2, 0.25) is 5.95 Å². The summed E-state index contributed by atoms with van der Waals surface area (Å²) in [7, 11) is 0. The van der Waals surface area contributed by atoms with Crippen LogP contribution in [0.1, 0.15) is 6.42 Å². The van der Waals surface area contributed by atoms with E-state index in [1.54, 1.807) is 24.3 Å². The van der Waals surface area contributed by atoms with E-state index < -0.39 is 5.97 Å². The standard InChI is InChI=1S/C13H12FN3O2/c14-10-4-2-1-3-9(10)11-5-7-15-13(17-11)16-8-6-12(18)19/h1-5,7H,6,8H2,(H,18,19)(H,15,16,17). The van der Waals surface area contributed by atoms with Gasteiger partial charge in [-0.3, -0.25) is 4.79 Å². The van der Waals surface area contributed by atoms with Crippen LogP contribution in [0, 0.1) is 5.82 Å². The van der Waals surface area contributed by atoms with Gasteiger partial charge in [0.1, 0.15) is 5.82 Å². The molecule has 0 aliphatic heterocycles. The summed E-state index contributed by atoms with van der Waals surface area (Å²) >= 11 is 0. The third-order valence-corrected chi connectivity index (χ3v) is 2.43. The first-order valence-corrected chi connectivity index (χ1v) is 5.70. The monoisotopic (exact) mass is 261 g/mol. The number of benzene rings is 1. The highest BCUT2D eigenvalue weighted by molar-refractivity contribution is 5.67. The molecule has 1 aromatic heterocycles. The summed E-state index contributed by atoms with van der Waals surface area (Å²) in [6.45, 7) is 0.218. The van der Waals surface area contributed by atoms with E-state index in [2.05, 4.69) is 15.3 Å². The maximum absolute atomic E-state index is 13.6. The second-order valence-corrected chi connectivity index (χ2v) is 3.82. The van der Waals surface area contributed by atoms with Crippen LogP contribution in [0.5, 0.6) is 0 Å². The Labute approximate surface area is 109 Å². The Morgan fingerprint density at radius 3 is 2.84 bits per heavy atom. The summed E-state index contributed by atoms with van der Waals surface area (Å²) < 4.78 is 13.6. The minimum absolute atomic E-state index is 0.0344. The number of aliphatic carboxylic acids is 1. The van der Waals surface area contributed by atoms with Crippen molar-refractivity contribution in [1.29, 1.82) is 0 Å². The maximum Gasteiger partial charge on any atom is 0.305 e. The SMILES string of the molecule is O=C(O)CCNc1nccc(-c2ccccc2F)n1. The molecule has 0 radical (unpaired) electrons. The molecule has 98 valence electrons. The molecule has 0 aliphatic rings. The normalized spacial score (nSPS) is 10.2. The third-order valence-electron chi connectivity index (χ3n) is 2.43. The van der Waals surface area contributed by atoms with Crippen molar-refractivity contribution in [1.82, 2.24) is 9.97 Å². The molecular formula is C13H12FN3O2. The Morgan fingerprint density at radius 2 is 2.11 bits per heavy atom. The van der Waals surface area contributed by atoms with E-state index in [4.69, 9.17) is 5.11 Å². The van der Waals surface area contributed by atoms with Crippen LogP contribution in [0.4, 0.5) is 10.3 Å². The van der Waals surface area contributed by atoms with Gasteiger partial charge in [0, 0.05) is 18.3 Å². The zero-order valence-electron chi connectivity index (χ0n) is 10.0. The lowest BCUT2D eigenvalue weighted by Gasteiger charge is -2.06. The molecule has 2 rings (SSSR count). The summed E-state index contributed by atoms with van der Waals surface area (Å²) in [5.74, 6) is -0.988. The summed E-state index contributed by atoms with van der Waals surface area (Å²) in [6.07, 6.45) is 1.46. The Morgan fingerprint density at radius 1 is 1.32 bits per heavy atom. The molecule has 0 fully saturated rings. The van der Waals surface area contributed by atoms with Gasteiger partial charge in [-0.25, -0.2) is 14.4 Å². The van der Waals surface area contributed by atoms with Crippen molar-refractivity contribution in [3.63, 3.8) is 0 Å². The van der Waals surface area contributed by atoms with Gasteiger partial charge in [0.15, 0.2) is 0 Å². The Hall–Kier alpha value is -2.50. The number of nitrogens with zero attached hydrogens (tertiary/aromatic N) is 2. The number of carbonyl (C=O) groups is 1. The highest BCUT2D eigenvalue weighted by atomic mass is 19.1. The Kier molecular flexibility index (Phi) is 4.02. The lowest BCUT2D eigenvalue weighted by atomic mass is 10.1. The molecule has 0 atom stereocenters. The molecule has 19 heavy (non-hydrogen) atoms. The van der Waals surface area contributed by atoms with Crippen LogP contribution in [0.25, 0.3) is 11.3 Å². The Balaban J connectivity index is 2.15. The van der Waals surface area contributed by atoms with Crippen molar-refractivity contribution in [2.45, 2.75) is 6.42 Å². The molecule has 0 spiro atoms. The fourth-order valence-corrected chi connectivity index (χ4v) is 1.54. The summed E-state index contributed by atoms with van der Waals surface area (Å²) in [6, 6.07) is 7.90. The van der Waals surface area contributed by atoms with Gasteiger partial charge >= 0.3 is 5.97 Å². The number of carboxylic acid groups (broad SMARTS) is 1. The van der Waals surface area contributed by atoms with Crippen molar-refractivity contribution in [2.24, 2.45) is 0 Å². The van der Waals surface area contributed by atoms with E-state index in [0.717, 1.165) is 0 Å². The van der Waals surface area contributed by atoms with Crippen molar-refractivity contribution in [2.75, 3.05) is 11.9 Å². The predicted octanol–water partition coefficient (Wildman–Crippen LogP) is 2.17. The number of hydrogen-bond donors (Lipinski definition) is 2. The van der Waals surface area contributed by atoms with E-state index in [1.165, 1.54) is 12.3 Å². The molecule has 1 aromatic carbocycles. The number of carboxylic acids is 1. The van der Waals surface area contributed by atoms with Crippen LogP contribution in [0.15, 0.2) is 36.5 Å². The van der Waals surface area contributed by atoms with Gasteiger partial charge in [0.25, 0.3) is 0 Å². The molecule has 1 heterocycles. The fourth-order valence-electron chi connectivity index (χ4n) is 1.54. The molecule has 0 aliphatic carbocycles. The van der Waals surface area contributed by atoms with Crippen molar-refractivity contribution < 1.29 is 14.3 Å². The van der Waals surface area contributed by atoms with Crippen LogP contribution in [0.3, 0.4) is 0 Å². The lowest BCUT2D eigenvalue weighted by Crippen LogP contribution is -2.10. The number of anilines is 1. The highest BCUT2D eigenvalue weighted by Gasteiger charge is 2.07. The van der Waals surface area contributed by atoms with Crippen molar-refractivity contribution in [3.05, 3.63) is 42.3 Å². The molecule has 0 bridgehead atoms. The molecule has 0 amide bonds. The first kappa shape index (κ1) is 12.9. The predicted molar refractivity (Wildman–Crippen MR) is 68.2 cm³/mol. The maximum atomic E-state index is 13.6. The van der Waals surface area contributed by atoms with Crippen LogP contribution >= 0.6 is 0 Å². The van der Waals surface area contributed by atoms with Crippen LogP contribution in [-0.4, -0.2) is 27.6 Å². The molecule has 5 nitrogen and oxygen atoms in total. The lowest BCUT2D eigenvalue weighted by molar-refractivity contribution is -0.136. The summed E-state index contributed by atoms with van der Waals surface area (Å²) in [5, 5.41) is 11.3. The van der Waals surface area contributed by atoms with E-state index >= 15 is 0 Å². The van der Waals surface area contributed by atoms with Crippen molar-refractivity contribution >= 4 is 11.9 Å². The first-order chi connectivity index (χ1) is 9.16. The van der Waals surface area contributed by atoms with E-state index in [-0.39, 0.29) is 24.7 Å². The number of nitrogens with one attached hydrogen (secondary N) is 1. The molecule has 0 unspecified atom stereocenters. The average molecular weight is 261 g/mol. The molecule has 2 aromatic rings. The molecule has 0 saturated heterocycles. The van der Waals surface area contributed by atoms with E-state index in [9.17, 15) is 9.18 Å². The van der Waals surface area contributed by atoms with Crippen molar-refractivity contribution in [3.8, 4) is 11.3 Å². The number of rotatable bonds is 5. The van der Waals surface area contributed by atoms with Gasteiger partial charge in [-0.05, 0) is 18.2 Å². The van der Waals surface area contributed by atoms with Gasteiger partial charge in [-0.2, -0.15) is 0 Å². The summed E-state index contributed by atoms with van der Waals surface area (Å²) in [5.41, 5.74) is 0.831. The number of halogens is 1. The van der Waals surface area contributed by atoms with Crippen LogP contribution < -0.4 is 5.32 Å². The quantitative estimate of drug-likeness (QED) is 0.862. The second kappa shape index (κ2) is 5.90. The number of aromatic nitrogens is 2. The molecule has 2 N–H and O–H groups in total. The van der Waals surface area contributed by atoms with Gasteiger partial charge in [-0.15, -0.1) is 0 Å². The first-order valence-electron chi connectivity index (χ1n) is 5.70. The summed E-state index contributed by atoms with van der Waals surface area (Å²) in [4.78, 5) is 18.5. The fraction of sp³-hybridized carbons (Fsp3) is 0.154. The Bertz CT molecular complexity index is 590. The average Bonchev–Trinajstić information content (AvgIpc) is 2.39. The van der Waals surface area contributed by atoms with Gasteiger partial charge < -0.3 is 10.4 Å². The third kappa shape index (κ3) is 3.48. The topological polar surface area (TPSA) is 75.1 Å². The molecular weight excluding hydrogens is 249 g/mol. The molecule has 6 heteroatoms.